The molecule has 17 heavy (non-hydrogen) atoms. The molecule has 1 rings (SSSR count). The molecule has 3 nitrogen and oxygen atoms in total. The summed E-state index contributed by atoms with van der Waals surface area (Å²) >= 11 is 0. The summed E-state index contributed by atoms with van der Waals surface area (Å²) in [6.45, 7) is 4.42. The van der Waals surface area contributed by atoms with Crippen LogP contribution in [0.1, 0.15) is 58.3 Å². The Kier molecular flexibility index (Phi) is 7.09. The van der Waals surface area contributed by atoms with Gasteiger partial charge in [-0.25, -0.2) is 0 Å². The summed E-state index contributed by atoms with van der Waals surface area (Å²) < 4.78 is 0. The van der Waals surface area contributed by atoms with Crippen LogP contribution >= 0.6 is 0 Å². The van der Waals surface area contributed by atoms with Crippen LogP contribution in [-0.2, 0) is 0 Å². The lowest BCUT2D eigenvalue weighted by molar-refractivity contribution is 0.143. The van der Waals surface area contributed by atoms with Crippen LogP contribution in [0.5, 0.6) is 0 Å². The van der Waals surface area contributed by atoms with Gasteiger partial charge in [0.05, 0.1) is 0 Å². The van der Waals surface area contributed by atoms with Crippen molar-refractivity contribution in [3.05, 3.63) is 0 Å². The van der Waals surface area contributed by atoms with Crippen molar-refractivity contribution in [2.45, 2.75) is 63.8 Å². The number of aliphatic hydroxyl groups is 1. The number of hydrogen-bond donors (Lipinski definition) is 3. The molecular weight excluding hydrogens is 212 g/mol. The molecule has 0 saturated heterocycles. The fourth-order valence-electron chi connectivity index (χ4n) is 3.23. The molecule has 0 bridgehead atoms. The molecule has 0 aliphatic heterocycles. The first-order valence-electron chi connectivity index (χ1n) is 7.35. The molecule has 1 aliphatic carbocycles. The molecule has 0 aromatic heterocycles. The zero-order valence-electron chi connectivity index (χ0n) is 11.4. The zero-order chi connectivity index (χ0) is 12.6. The normalized spacial score (nSPS) is 29.5. The summed E-state index contributed by atoms with van der Waals surface area (Å²) in [4.78, 5) is 0. The summed E-state index contributed by atoms with van der Waals surface area (Å²) in [6.07, 6.45) is 9.68. The predicted molar refractivity (Wildman–Crippen MR) is 73.0 cm³/mol. The van der Waals surface area contributed by atoms with Crippen LogP contribution in [0, 0.1) is 5.92 Å². The molecule has 3 heteroatoms. The van der Waals surface area contributed by atoms with Gasteiger partial charge in [0.15, 0.2) is 0 Å². The summed E-state index contributed by atoms with van der Waals surface area (Å²) in [5.41, 5.74) is 6.24. The Morgan fingerprint density at radius 1 is 1.29 bits per heavy atom. The Labute approximate surface area is 106 Å². The highest BCUT2D eigenvalue weighted by Gasteiger charge is 2.37. The monoisotopic (exact) mass is 242 g/mol. The predicted octanol–water partition coefficient (Wildman–Crippen LogP) is 2.04. The molecule has 0 radical (unpaired) electrons. The zero-order valence-corrected chi connectivity index (χ0v) is 11.4. The van der Waals surface area contributed by atoms with Crippen molar-refractivity contribution in [2.75, 3.05) is 19.7 Å². The van der Waals surface area contributed by atoms with E-state index in [1.807, 2.05) is 0 Å². The smallest absolute Gasteiger partial charge is 0.0431 e. The average Bonchev–Trinajstić information content (AvgIpc) is 2.39. The van der Waals surface area contributed by atoms with E-state index in [4.69, 9.17) is 10.8 Å². The molecule has 0 spiro atoms. The maximum Gasteiger partial charge on any atom is 0.0431 e. The van der Waals surface area contributed by atoms with Gasteiger partial charge in [-0.05, 0) is 44.6 Å². The maximum atomic E-state index is 8.75. The Hall–Kier alpha value is -0.120. The minimum Gasteiger partial charge on any atom is -0.396 e. The Balaban J connectivity index is 2.37. The molecule has 4 N–H and O–H groups in total. The van der Waals surface area contributed by atoms with Gasteiger partial charge in [0.25, 0.3) is 0 Å². The van der Waals surface area contributed by atoms with Gasteiger partial charge in [-0.1, -0.05) is 26.2 Å². The summed E-state index contributed by atoms with van der Waals surface area (Å²) in [5, 5.41) is 12.5. The van der Waals surface area contributed by atoms with Crippen molar-refractivity contribution in [2.24, 2.45) is 11.7 Å². The minimum atomic E-state index is 0.201. The summed E-state index contributed by atoms with van der Waals surface area (Å²) in [5.74, 6) is 0.749. The van der Waals surface area contributed by atoms with Gasteiger partial charge < -0.3 is 16.2 Å². The number of rotatable bonds is 8. The quantitative estimate of drug-likeness (QED) is 0.571. The van der Waals surface area contributed by atoms with Crippen molar-refractivity contribution in [1.29, 1.82) is 0 Å². The van der Waals surface area contributed by atoms with E-state index in [9.17, 15) is 0 Å². The molecule has 0 heterocycles. The molecule has 2 unspecified atom stereocenters. The van der Waals surface area contributed by atoms with Crippen molar-refractivity contribution in [1.82, 2.24) is 5.32 Å². The van der Waals surface area contributed by atoms with Crippen LogP contribution in [0.25, 0.3) is 0 Å². The number of hydrogen-bond acceptors (Lipinski definition) is 3. The average molecular weight is 242 g/mol. The largest absolute Gasteiger partial charge is 0.396 e. The highest BCUT2D eigenvalue weighted by Crippen LogP contribution is 2.35. The second kappa shape index (κ2) is 8.06. The van der Waals surface area contributed by atoms with E-state index in [1.165, 1.54) is 32.1 Å². The van der Waals surface area contributed by atoms with E-state index in [2.05, 4.69) is 12.2 Å². The lowest BCUT2D eigenvalue weighted by Gasteiger charge is -2.44. The fourth-order valence-corrected chi connectivity index (χ4v) is 3.23. The summed E-state index contributed by atoms with van der Waals surface area (Å²) in [7, 11) is 0. The van der Waals surface area contributed by atoms with E-state index in [0.29, 0.717) is 6.61 Å². The second-order valence-electron chi connectivity index (χ2n) is 5.42. The number of unbranched alkanes of at least 4 members (excludes halogenated alkanes) is 2. The molecular formula is C14H30N2O. The summed E-state index contributed by atoms with van der Waals surface area (Å²) in [6, 6.07) is 0. The van der Waals surface area contributed by atoms with Gasteiger partial charge in [-0.3, -0.25) is 0 Å². The van der Waals surface area contributed by atoms with E-state index in [-0.39, 0.29) is 5.54 Å². The third-order valence-electron chi connectivity index (χ3n) is 4.38. The first kappa shape index (κ1) is 14.9. The van der Waals surface area contributed by atoms with Crippen LogP contribution in [0.3, 0.4) is 0 Å². The fraction of sp³-hybridized carbons (Fsp3) is 1.00. The third-order valence-corrected chi connectivity index (χ3v) is 4.38. The number of nitrogens with one attached hydrogen (secondary N) is 1. The van der Waals surface area contributed by atoms with E-state index in [1.54, 1.807) is 0 Å². The van der Waals surface area contributed by atoms with Crippen molar-refractivity contribution >= 4 is 0 Å². The minimum absolute atomic E-state index is 0.201. The highest BCUT2D eigenvalue weighted by molar-refractivity contribution is 4.97. The van der Waals surface area contributed by atoms with Gasteiger partial charge in [-0.2, -0.15) is 0 Å². The van der Waals surface area contributed by atoms with Crippen LogP contribution in [0.2, 0.25) is 0 Å². The molecule has 1 saturated carbocycles. The van der Waals surface area contributed by atoms with Crippen LogP contribution < -0.4 is 11.1 Å². The molecule has 0 aromatic rings. The van der Waals surface area contributed by atoms with Crippen LogP contribution in [0.15, 0.2) is 0 Å². The van der Waals surface area contributed by atoms with Gasteiger partial charge in [-0.15, -0.1) is 0 Å². The maximum absolute atomic E-state index is 8.75. The van der Waals surface area contributed by atoms with Crippen molar-refractivity contribution < 1.29 is 5.11 Å². The second-order valence-corrected chi connectivity index (χ2v) is 5.42. The molecule has 1 fully saturated rings. The first-order valence-corrected chi connectivity index (χ1v) is 7.35. The van der Waals surface area contributed by atoms with E-state index < -0.39 is 0 Å². The Morgan fingerprint density at radius 2 is 2.12 bits per heavy atom. The first-order chi connectivity index (χ1) is 8.29. The molecule has 2 atom stereocenters. The van der Waals surface area contributed by atoms with Crippen LogP contribution in [0.4, 0.5) is 0 Å². The van der Waals surface area contributed by atoms with Crippen molar-refractivity contribution in [3.8, 4) is 0 Å². The van der Waals surface area contributed by atoms with Crippen molar-refractivity contribution in [3.63, 3.8) is 0 Å². The highest BCUT2D eigenvalue weighted by atomic mass is 16.2. The number of nitrogens with two attached hydrogens (primary N) is 1. The van der Waals surface area contributed by atoms with E-state index in [0.717, 1.165) is 38.3 Å². The Morgan fingerprint density at radius 3 is 2.76 bits per heavy atom. The van der Waals surface area contributed by atoms with Gasteiger partial charge >= 0.3 is 0 Å². The molecule has 0 amide bonds. The molecule has 102 valence electrons. The third kappa shape index (κ3) is 4.23. The SMILES string of the molecule is CCC1CCCCC1(CN)NCCCCCO. The Bertz CT molecular complexity index is 199. The lowest BCUT2D eigenvalue weighted by atomic mass is 9.71. The molecule has 1 aliphatic rings. The van der Waals surface area contributed by atoms with E-state index >= 15 is 0 Å². The topological polar surface area (TPSA) is 58.3 Å². The van der Waals surface area contributed by atoms with Gasteiger partial charge in [0.1, 0.15) is 0 Å². The standard InChI is InChI=1S/C14H30N2O/c1-2-13-8-4-5-9-14(13,12-15)16-10-6-3-7-11-17/h13,16-17H,2-12,15H2,1H3. The van der Waals surface area contributed by atoms with Gasteiger partial charge in [0, 0.05) is 18.7 Å². The lowest BCUT2D eigenvalue weighted by Crippen LogP contribution is -2.58. The number of aliphatic hydroxyl groups excluding tert-OH is 1. The van der Waals surface area contributed by atoms with Crippen LogP contribution in [-0.4, -0.2) is 30.3 Å². The van der Waals surface area contributed by atoms with Gasteiger partial charge in [0.2, 0.25) is 0 Å². The molecule has 0 aromatic carbocycles.